The van der Waals surface area contributed by atoms with Crippen molar-refractivity contribution in [1.29, 1.82) is 5.26 Å². The maximum absolute atomic E-state index is 8.50. The topological polar surface area (TPSA) is 27.0 Å². The third-order valence-electron chi connectivity index (χ3n) is 3.57. The first kappa shape index (κ1) is 12.5. The van der Waals surface area contributed by atoms with E-state index < -0.39 is 0 Å². The second-order valence-electron chi connectivity index (χ2n) is 5.04. The fraction of sp³-hybridized carbons (Fsp3) is 0.923. The van der Waals surface area contributed by atoms with Crippen LogP contribution < -0.4 is 0 Å². The van der Waals surface area contributed by atoms with E-state index in [2.05, 4.69) is 24.8 Å². The van der Waals surface area contributed by atoms with Crippen molar-refractivity contribution in [2.45, 2.75) is 46.0 Å². The predicted octanol–water partition coefficient (Wildman–Crippen LogP) is 3.05. The third kappa shape index (κ3) is 4.66. The van der Waals surface area contributed by atoms with Crippen LogP contribution in [0.15, 0.2) is 0 Å². The van der Waals surface area contributed by atoms with Crippen molar-refractivity contribution >= 4 is 0 Å². The highest BCUT2D eigenvalue weighted by Crippen LogP contribution is 2.24. The largest absolute Gasteiger partial charge is 0.303 e. The minimum absolute atomic E-state index is 0.712. The molecule has 0 radical (unpaired) electrons. The van der Waals surface area contributed by atoms with Gasteiger partial charge in [-0.1, -0.05) is 13.8 Å². The zero-order valence-corrected chi connectivity index (χ0v) is 10.2. The second kappa shape index (κ2) is 6.85. The smallest absolute Gasteiger partial charge is 0.0622 e. The maximum atomic E-state index is 8.50. The molecule has 1 saturated heterocycles. The molecule has 2 nitrogen and oxygen atoms in total. The molecule has 1 fully saturated rings. The van der Waals surface area contributed by atoms with Crippen LogP contribution in [-0.4, -0.2) is 24.5 Å². The van der Waals surface area contributed by atoms with Crippen LogP contribution in [0, 0.1) is 23.2 Å². The lowest BCUT2D eigenvalue weighted by atomic mass is 9.89. The average molecular weight is 208 g/mol. The van der Waals surface area contributed by atoms with Crippen molar-refractivity contribution < 1.29 is 0 Å². The summed E-state index contributed by atoms with van der Waals surface area (Å²) in [6.07, 6.45) is 5.85. The van der Waals surface area contributed by atoms with E-state index in [1.54, 1.807) is 0 Å². The summed E-state index contributed by atoms with van der Waals surface area (Å²) >= 11 is 0. The van der Waals surface area contributed by atoms with Gasteiger partial charge in [0.2, 0.25) is 0 Å². The Bertz CT molecular complexity index is 205. The molecule has 1 aliphatic heterocycles. The molecule has 0 bridgehead atoms. The van der Waals surface area contributed by atoms with E-state index in [1.165, 1.54) is 32.4 Å². The molecule has 1 rings (SSSR count). The Hall–Kier alpha value is -0.550. The fourth-order valence-corrected chi connectivity index (χ4v) is 2.45. The van der Waals surface area contributed by atoms with E-state index in [9.17, 15) is 0 Å². The number of hydrogen-bond donors (Lipinski definition) is 0. The van der Waals surface area contributed by atoms with Gasteiger partial charge >= 0.3 is 0 Å². The van der Waals surface area contributed by atoms with Crippen LogP contribution in [0.1, 0.15) is 46.0 Å². The van der Waals surface area contributed by atoms with Gasteiger partial charge in [-0.25, -0.2) is 0 Å². The minimum Gasteiger partial charge on any atom is -0.303 e. The quantitative estimate of drug-likeness (QED) is 0.664. The van der Waals surface area contributed by atoms with Crippen molar-refractivity contribution in [1.82, 2.24) is 4.90 Å². The molecule has 2 heteroatoms. The van der Waals surface area contributed by atoms with Crippen LogP contribution in [0.4, 0.5) is 0 Å². The molecule has 0 aromatic carbocycles. The van der Waals surface area contributed by atoms with Gasteiger partial charge in [0.1, 0.15) is 0 Å². The molecular formula is C13H24N2. The number of hydrogen-bond acceptors (Lipinski definition) is 2. The zero-order valence-electron chi connectivity index (χ0n) is 10.2. The molecule has 1 unspecified atom stereocenters. The Morgan fingerprint density at radius 3 is 2.80 bits per heavy atom. The van der Waals surface area contributed by atoms with Crippen molar-refractivity contribution in [3.8, 4) is 6.07 Å². The number of unbranched alkanes of at least 4 members (excludes halogenated alkanes) is 1. The molecular weight excluding hydrogens is 184 g/mol. The number of nitriles is 1. The molecule has 0 aromatic rings. The highest BCUT2D eigenvalue weighted by Gasteiger charge is 2.18. The highest BCUT2D eigenvalue weighted by atomic mass is 15.1. The molecule has 1 heterocycles. The van der Waals surface area contributed by atoms with Gasteiger partial charge in [-0.05, 0) is 57.2 Å². The maximum Gasteiger partial charge on any atom is 0.0622 e. The van der Waals surface area contributed by atoms with Crippen molar-refractivity contribution in [3.05, 3.63) is 0 Å². The molecule has 86 valence electrons. The van der Waals surface area contributed by atoms with Crippen LogP contribution in [-0.2, 0) is 0 Å². The lowest BCUT2D eigenvalue weighted by molar-refractivity contribution is 0.270. The van der Waals surface area contributed by atoms with Gasteiger partial charge < -0.3 is 4.90 Å². The van der Waals surface area contributed by atoms with Crippen molar-refractivity contribution in [2.24, 2.45) is 11.8 Å². The van der Waals surface area contributed by atoms with Gasteiger partial charge in [0.25, 0.3) is 0 Å². The molecule has 1 atom stereocenters. The molecule has 1 aliphatic rings. The Balaban J connectivity index is 2.24. The predicted molar refractivity (Wildman–Crippen MR) is 63.5 cm³/mol. The lowest BCUT2D eigenvalue weighted by Gasteiger charge is -2.20. The minimum atomic E-state index is 0.712. The summed E-state index contributed by atoms with van der Waals surface area (Å²) in [5, 5.41) is 8.50. The summed E-state index contributed by atoms with van der Waals surface area (Å²) < 4.78 is 0. The van der Waals surface area contributed by atoms with E-state index >= 15 is 0 Å². The van der Waals surface area contributed by atoms with Crippen LogP contribution in [0.3, 0.4) is 0 Å². The third-order valence-corrected chi connectivity index (χ3v) is 3.57. The molecule has 0 amide bonds. The van der Waals surface area contributed by atoms with E-state index in [4.69, 9.17) is 5.26 Å². The van der Waals surface area contributed by atoms with Crippen LogP contribution in [0.5, 0.6) is 0 Å². The first-order valence-corrected chi connectivity index (χ1v) is 6.33. The first-order valence-electron chi connectivity index (χ1n) is 6.33. The number of rotatable bonds is 4. The van der Waals surface area contributed by atoms with Crippen LogP contribution in [0.2, 0.25) is 0 Å². The average Bonchev–Trinajstić information content (AvgIpc) is 2.44. The molecule has 15 heavy (non-hydrogen) atoms. The van der Waals surface area contributed by atoms with Gasteiger partial charge in [0.05, 0.1) is 6.07 Å². The standard InChI is InChI=1S/C13H24N2/c1-12(2)13-6-5-10-15(11-7-13)9-4-3-8-14/h12-13H,3-7,9-11H2,1-2H3. The second-order valence-corrected chi connectivity index (χ2v) is 5.04. The molecule has 0 aliphatic carbocycles. The summed E-state index contributed by atoms with van der Waals surface area (Å²) in [4.78, 5) is 2.54. The summed E-state index contributed by atoms with van der Waals surface area (Å²) in [5.41, 5.74) is 0. The van der Waals surface area contributed by atoms with E-state index in [0.717, 1.165) is 24.8 Å². The summed E-state index contributed by atoms with van der Waals surface area (Å²) in [7, 11) is 0. The Morgan fingerprint density at radius 2 is 2.13 bits per heavy atom. The normalized spacial score (nSPS) is 23.7. The van der Waals surface area contributed by atoms with Crippen LogP contribution in [0.25, 0.3) is 0 Å². The highest BCUT2D eigenvalue weighted by molar-refractivity contribution is 4.74. The molecule has 0 aromatic heterocycles. The van der Waals surface area contributed by atoms with Gasteiger partial charge in [0, 0.05) is 6.42 Å². The van der Waals surface area contributed by atoms with Gasteiger partial charge in [-0.2, -0.15) is 5.26 Å². The zero-order chi connectivity index (χ0) is 11.1. The molecule has 0 spiro atoms. The Morgan fingerprint density at radius 1 is 1.33 bits per heavy atom. The Labute approximate surface area is 94.3 Å². The first-order chi connectivity index (χ1) is 7.24. The van der Waals surface area contributed by atoms with Gasteiger partial charge in [0.15, 0.2) is 0 Å². The fourth-order valence-electron chi connectivity index (χ4n) is 2.45. The molecule has 0 N–H and O–H groups in total. The van der Waals surface area contributed by atoms with E-state index in [-0.39, 0.29) is 0 Å². The SMILES string of the molecule is CC(C)C1CCCN(CCCC#N)CC1. The summed E-state index contributed by atoms with van der Waals surface area (Å²) in [6.45, 7) is 8.30. The van der Waals surface area contributed by atoms with Gasteiger partial charge in [-0.15, -0.1) is 0 Å². The molecule has 0 saturated carbocycles. The summed E-state index contributed by atoms with van der Waals surface area (Å²) in [5.74, 6) is 1.76. The number of likely N-dealkylation sites (tertiary alicyclic amines) is 1. The summed E-state index contributed by atoms with van der Waals surface area (Å²) in [6, 6.07) is 2.22. The van der Waals surface area contributed by atoms with Crippen LogP contribution >= 0.6 is 0 Å². The van der Waals surface area contributed by atoms with E-state index in [1.807, 2.05) is 0 Å². The van der Waals surface area contributed by atoms with Crippen molar-refractivity contribution in [2.75, 3.05) is 19.6 Å². The van der Waals surface area contributed by atoms with Gasteiger partial charge in [-0.3, -0.25) is 0 Å². The van der Waals surface area contributed by atoms with E-state index in [0.29, 0.717) is 6.42 Å². The van der Waals surface area contributed by atoms with Crippen molar-refractivity contribution in [3.63, 3.8) is 0 Å². The lowest BCUT2D eigenvalue weighted by Crippen LogP contribution is -2.26. The monoisotopic (exact) mass is 208 g/mol. The Kier molecular flexibility index (Phi) is 5.71. The number of nitrogens with zero attached hydrogens (tertiary/aromatic N) is 2.